The fourth-order valence-corrected chi connectivity index (χ4v) is 4.25. The molecule has 1 aromatic rings. The molecule has 0 saturated carbocycles. The summed E-state index contributed by atoms with van der Waals surface area (Å²) in [6.07, 6.45) is 1.48. The molecule has 1 aromatic carbocycles. The number of ether oxygens (including phenoxy) is 1. The lowest BCUT2D eigenvalue weighted by Crippen LogP contribution is -2.53. The summed E-state index contributed by atoms with van der Waals surface area (Å²) >= 11 is 6.05. The number of halogens is 1. The van der Waals surface area contributed by atoms with E-state index >= 15 is 0 Å². The van der Waals surface area contributed by atoms with E-state index in [2.05, 4.69) is 0 Å². The molecule has 0 radical (unpaired) electrons. The molecule has 1 aliphatic rings. The summed E-state index contributed by atoms with van der Waals surface area (Å²) in [5, 5.41) is 0.429. The Bertz CT molecular complexity index is 702. The summed E-state index contributed by atoms with van der Waals surface area (Å²) < 4.78 is 31.4. The van der Waals surface area contributed by atoms with E-state index in [0.717, 1.165) is 11.8 Å². The largest absolute Gasteiger partial charge is 0.378 e. The molecule has 0 unspecified atom stereocenters. The molecule has 1 amide bonds. The quantitative estimate of drug-likeness (QED) is 0.791. The normalized spacial score (nSPS) is 16.8. The highest BCUT2D eigenvalue weighted by molar-refractivity contribution is 7.92. The van der Waals surface area contributed by atoms with E-state index in [1.807, 2.05) is 0 Å². The van der Waals surface area contributed by atoms with Crippen molar-refractivity contribution < 1.29 is 17.9 Å². The zero-order valence-corrected chi connectivity index (χ0v) is 15.7. The van der Waals surface area contributed by atoms with Gasteiger partial charge in [0.25, 0.3) is 0 Å². The van der Waals surface area contributed by atoms with Gasteiger partial charge in [-0.25, -0.2) is 8.42 Å². The van der Waals surface area contributed by atoms with Crippen LogP contribution in [-0.4, -0.2) is 57.8 Å². The zero-order valence-electron chi connectivity index (χ0n) is 14.2. The summed E-state index contributed by atoms with van der Waals surface area (Å²) in [4.78, 5) is 14.6. The Morgan fingerprint density at radius 2 is 2.00 bits per heavy atom. The van der Waals surface area contributed by atoms with Crippen LogP contribution in [0.4, 0.5) is 5.69 Å². The third-order valence-corrected chi connectivity index (χ3v) is 5.44. The lowest BCUT2D eigenvalue weighted by atomic mass is 10.1. The predicted molar refractivity (Wildman–Crippen MR) is 95.0 cm³/mol. The molecule has 8 heteroatoms. The van der Waals surface area contributed by atoms with Crippen LogP contribution in [0.3, 0.4) is 0 Å². The van der Waals surface area contributed by atoms with E-state index in [4.69, 9.17) is 16.3 Å². The number of hydrogen-bond acceptors (Lipinski definition) is 4. The number of rotatable bonds is 5. The van der Waals surface area contributed by atoms with Crippen LogP contribution in [0.25, 0.3) is 0 Å². The molecule has 0 aliphatic carbocycles. The van der Waals surface area contributed by atoms with Crippen LogP contribution in [0.1, 0.15) is 18.9 Å². The van der Waals surface area contributed by atoms with Gasteiger partial charge in [0.05, 0.1) is 25.2 Å². The Morgan fingerprint density at radius 1 is 1.38 bits per heavy atom. The van der Waals surface area contributed by atoms with E-state index in [-0.39, 0.29) is 5.91 Å². The summed E-state index contributed by atoms with van der Waals surface area (Å²) in [5.74, 6) is -0.203. The van der Waals surface area contributed by atoms with Gasteiger partial charge in [-0.2, -0.15) is 0 Å². The minimum absolute atomic E-state index is 0.203. The van der Waals surface area contributed by atoms with Gasteiger partial charge in [0, 0.05) is 18.1 Å². The van der Waals surface area contributed by atoms with E-state index in [1.54, 1.807) is 36.9 Å². The number of nitrogens with zero attached hydrogens (tertiary/aromatic N) is 2. The Kier molecular flexibility index (Phi) is 6.11. The number of anilines is 1. The molecule has 1 heterocycles. The predicted octanol–water partition coefficient (Wildman–Crippen LogP) is 2.05. The van der Waals surface area contributed by atoms with Crippen LogP contribution in [0.5, 0.6) is 0 Å². The number of carbonyl (C=O) groups is 1. The van der Waals surface area contributed by atoms with Crippen molar-refractivity contribution in [3.63, 3.8) is 0 Å². The second-order valence-electron chi connectivity index (χ2n) is 5.85. The van der Waals surface area contributed by atoms with Crippen LogP contribution in [0.15, 0.2) is 18.2 Å². The Balaban J connectivity index is 2.45. The Hall–Kier alpha value is -1.31. The van der Waals surface area contributed by atoms with Gasteiger partial charge in [-0.3, -0.25) is 9.10 Å². The number of morpholine rings is 1. The van der Waals surface area contributed by atoms with Crippen molar-refractivity contribution >= 4 is 33.2 Å². The number of carbonyl (C=O) groups excluding carboxylic acids is 1. The van der Waals surface area contributed by atoms with E-state index in [9.17, 15) is 13.2 Å². The summed E-state index contributed by atoms with van der Waals surface area (Å²) in [6, 6.07) is 4.25. The molecule has 134 valence electrons. The lowest BCUT2D eigenvalue weighted by Gasteiger charge is -2.36. The molecule has 1 saturated heterocycles. The molecule has 2 rings (SSSR count). The van der Waals surface area contributed by atoms with Crippen LogP contribution >= 0.6 is 11.6 Å². The van der Waals surface area contributed by atoms with E-state index in [1.165, 1.54) is 4.31 Å². The Morgan fingerprint density at radius 3 is 2.54 bits per heavy atom. The maximum Gasteiger partial charge on any atom is 0.246 e. The topological polar surface area (TPSA) is 66.9 Å². The van der Waals surface area contributed by atoms with E-state index < -0.39 is 16.1 Å². The maximum atomic E-state index is 12.9. The molecule has 24 heavy (non-hydrogen) atoms. The molecule has 0 spiro atoms. The number of benzene rings is 1. The SMILES string of the molecule is CC[C@@H](C(=O)N1CCOCC1)N(c1cc(Cl)ccc1C)S(C)(=O)=O. The molecular formula is C16H23ClN2O4S. The molecule has 1 atom stereocenters. The van der Waals surface area contributed by atoms with Gasteiger partial charge in [-0.05, 0) is 31.0 Å². The van der Waals surface area contributed by atoms with Gasteiger partial charge in [0.15, 0.2) is 0 Å². The van der Waals surface area contributed by atoms with Crippen LogP contribution < -0.4 is 4.31 Å². The fourth-order valence-electron chi connectivity index (χ4n) is 2.83. The van der Waals surface area contributed by atoms with Crippen molar-refractivity contribution in [2.45, 2.75) is 26.3 Å². The van der Waals surface area contributed by atoms with Gasteiger partial charge >= 0.3 is 0 Å². The second kappa shape index (κ2) is 7.72. The third-order valence-electron chi connectivity index (χ3n) is 4.04. The minimum Gasteiger partial charge on any atom is -0.378 e. The number of hydrogen-bond donors (Lipinski definition) is 0. The average Bonchev–Trinajstić information content (AvgIpc) is 2.54. The average molecular weight is 375 g/mol. The summed E-state index contributed by atoms with van der Waals surface area (Å²) in [7, 11) is -3.66. The van der Waals surface area contributed by atoms with Gasteiger partial charge in [0.1, 0.15) is 6.04 Å². The van der Waals surface area contributed by atoms with Gasteiger partial charge in [-0.15, -0.1) is 0 Å². The monoisotopic (exact) mass is 374 g/mol. The number of sulfonamides is 1. The minimum atomic E-state index is -3.66. The van der Waals surface area contributed by atoms with Crippen LogP contribution in [0.2, 0.25) is 5.02 Å². The smallest absolute Gasteiger partial charge is 0.246 e. The standard InChI is InChI=1S/C16H23ClN2O4S/c1-4-14(16(20)18-7-9-23-10-8-18)19(24(3,21)22)15-11-13(17)6-5-12(15)2/h5-6,11,14H,4,7-10H2,1-3H3/t14-/m0/s1. The second-order valence-corrected chi connectivity index (χ2v) is 8.15. The molecule has 1 fully saturated rings. The zero-order chi connectivity index (χ0) is 17.9. The lowest BCUT2D eigenvalue weighted by molar-refractivity contribution is -0.136. The molecule has 0 aromatic heterocycles. The van der Waals surface area contributed by atoms with Crippen LogP contribution in [-0.2, 0) is 19.6 Å². The van der Waals surface area contributed by atoms with E-state index in [0.29, 0.717) is 43.4 Å². The van der Waals surface area contributed by atoms with Crippen molar-refractivity contribution in [2.75, 3.05) is 36.9 Å². The molecule has 1 aliphatic heterocycles. The summed E-state index contributed by atoms with van der Waals surface area (Å²) in [6.45, 7) is 5.49. The maximum absolute atomic E-state index is 12.9. The Labute approximate surface area is 148 Å². The van der Waals surface area contributed by atoms with Gasteiger partial charge in [0.2, 0.25) is 15.9 Å². The first-order valence-electron chi connectivity index (χ1n) is 7.87. The highest BCUT2D eigenvalue weighted by Crippen LogP contribution is 2.29. The summed E-state index contributed by atoms with van der Waals surface area (Å²) in [5.41, 5.74) is 1.19. The molecule has 6 nitrogen and oxygen atoms in total. The molecule has 0 N–H and O–H groups in total. The number of aryl methyl sites for hydroxylation is 1. The number of amides is 1. The van der Waals surface area contributed by atoms with Crippen molar-refractivity contribution in [2.24, 2.45) is 0 Å². The first-order valence-corrected chi connectivity index (χ1v) is 10.1. The van der Waals surface area contributed by atoms with Gasteiger partial charge in [-0.1, -0.05) is 24.6 Å². The third kappa shape index (κ3) is 4.20. The van der Waals surface area contributed by atoms with Gasteiger partial charge < -0.3 is 9.64 Å². The van der Waals surface area contributed by atoms with Crippen molar-refractivity contribution in [3.8, 4) is 0 Å². The van der Waals surface area contributed by atoms with Crippen LogP contribution in [0, 0.1) is 6.92 Å². The molecule has 0 bridgehead atoms. The van der Waals surface area contributed by atoms with Crippen molar-refractivity contribution in [1.29, 1.82) is 0 Å². The highest BCUT2D eigenvalue weighted by Gasteiger charge is 2.35. The highest BCUT2D eigenvalue weighted by atomic mass is 35.5. The molecular weight excluding hydrogens is 352 g/mol. The van der Waals surface area contributed by atoms with Crippen molar-refractivity contribution in [1.82, 2.24) is 4.90 Å². The van der Waals surface area contributed by atoms with Crippen molar-refractivity contribution in [3.05, 3.63) is 28.8 Å². The first kappa shape index (κ1) is 19.0. The fraction of sp³-hybridized carbons (Fsp3) is 0.562. The first-order chi connectivity index (χ1) is 11.3.